The van der Waals surface area contributed by atoms with Crippen molar-refractivity contribution in [3.63, 3.8) is 0 Å². The first-order valence-electron chi connectivity index (χ1n) is 9.41. The van der Waals surface area contributed by atoms with Gasteiger partial charge in [-0.3, -0.25) is 4.79 Å². The van der Waals surface area contributed by atoms with Crippen molar-refractivity contribution in [3.05, 3.63) is 53.1 Å². The highest BCUT2D eigenvalue weighted by Gasteiger charge is 2.36. The largest absolute Gasteiger partial charge is 0.497 e. The zero-order valence-corrected chi connectivity index (χ0v) is 17.4. The molecule has 2 aromatic rings. The van der Waals surface area contributed by atoms with Crippen LogP contribution in [0.3, 0.4) is 0 Å². The number of hydrogen-bond acceptors (Lipinski definition) is 4. The van der Waals surface area contributed by atoms with Gasteiger partial charge >= 0.3 is 0 Å². The number of carbonyl (C=O) groups excluding carboxylic acids is 1. The van der Waals surface area contributed by atoms with E-state index in [1.54, 1.807) is 19.2 Å². The van der Waals surface area contributed by atoms with Crippen molar-refractivity contribution >= 4 is 17.5 Å². The maximum atomic E-state index is 13.0. The van der Waals surface area contributed by atoms with E-state index in [2.05, 4.69) is 5.32 Å². The van der Waals surface area contributed by atoms with Crippen LogP contribution < -0.4 is 19.5 Å². The summed E-state index contributed by atoms with van der Waals surface area (Å²) in [5.74, 6) is 1.77. The number of carbonyl (C=O) groups is 1. The quantitative estimate of drug-likeness (QED) is 0.743. The SMILES string of the molecule is CCC(Oc1ccccc1Cl)C(=O)NC1CC(C)(C)Oc2cc(OC)ccc21. The molecule has 0 saturated heterocycles. The molecule has 3 rings (SSSR count). The number of benzene rings is 2. The predicted molar refractivity (Wildman–Crippen MR) is 109 cm³/mol. The standard InChI is InChI=1S/C22H26ClNO4/c1-5-18(27-19-9-7-6-8-16(19)23)21(25)24-17-13-22(2,3)28-20-12-14(26-4)10-11-15(17)20/h6-12,17-18H,5,13H2,1-4H3,(H,24,25). The average molecular weight is 404 g/mol. The number of methoxy groups -OCH3 is 1. The molecule has 0 fully saturated rings. The molecule has 2 aromatic carbocycles. The normalized spacial score (nSPS) is 18.4. The van der Waals surface area contributed by atoms with Crippen molar-refractivity contribution in [2.24, 2.45) is 0 Å². The van der Waals surface area contributed by atoms with E-state index in [9.17, 15) is 4.79 Å². The highest BCUT2D eigenvalue weighted by Crippen LogP contribution is 2.41. The van der Waals surface area contributed by atoms with Crippen molar-refractivity contribution in [1.29, 1.82) is 0 Å². The van der Waals surface area contributed by atoms with Crippen LogP contribution in [0.2, 0.25) is 5.02 Å². The monoisotopic (exact) mass is 403 g/mol. The summed E-state index contributed by atoms with van der Waals surface area (Å²) in [7, 11) is 1.62. The number of para-hydroxylation sites is 1. The van der Waals surface area contributed by atoms with E-state index >= 15 is 0 Å². The lowest BCUT2D eigenvalue weighted by molar-refractivity contribution is -0.129. The summed E-state index contributed by atoms with van der Waals surface area (Å²) < 4.78 is 17.3. The number of hydrogen-bond donors (Lipinski definition) is 1. The minimum atomic E-state index is -0.632. The van der Waals surface area contributed by atoms with Gasteiger partial charge in [0.2, 0.25) is 0 Å². The van der Waals surface area contributed by atoms with Gasteiger partial charge < -0.3 is 19.5 Å². The molecule has 1 N–H and O–H groups in total. The third-order valence-electron chi connectivity index (χ3n) is 4.76. The van der Waals surface area contributed by atoms with Gasteiger partial charge in [-0.25, -0.2) is 0 Å². The van der Waals surface area contributed by atoms with Crippen LogP contribution in [0.5, 0.6) is 17.2 Å². The Labute approximate surface area is 170 Å². The van der Waals surface area contributed by atoms with Gasteiger partial charge in [-0.1, -0.05) is 30.7 Å². The second kappa shape index (κ2) is 8.31. The molecule has 0 spiro atoms. The number of ether oxygens (including phenoxy) is 3. The first-order valence-corrected chi connectivity index (χ1v) is 9.79. The average Bonchev–Trinajstić information content (AvgIpc) is 2.65. The molecule has 2 unspecified atom stereocenters. The van der Waals surface area contributed by atoms with Crippen molar-refractivity contribution in [3.8, 4) is 17.2 Å². The lowest BCUT2D eigenvalue weighted by atomic mass is 9.89. The summed E-state index contributed by atoms with van der Waals surface area (Å²) in [6.45, 7) is 5.92. The molecule has 6 heteroatoms. The van der Waals surface area contributed by atoms with Gasteiger partial charge in [0, 0.05) is 18.1 Å². The van der Waals surface area contributed by atoms with Crippen LogP contribution in [0.1, 0.15) is 45.2 Å². The molecular weight excluding hydrogens is 378 g/mol. The van der Waals surface area contributed by atoms with Gasteiger partial charge in [-0.05, 0) is 44.5 Å². The molecule has 0 saturated carbocycles. The van der Waals surface area contributed by atoms with E-state index in [4.69, 9.17) is 25.8 Å². The second-order valence-corrected chi connectivity index (χ2v) is 7.88. The second-order valence-electron chi connectivity index (χ2n) is 7.48. The Bertz CT molecular complexity index is 852. The van der Waals surface area contributed by atoms with Gasteiger partial charge in [-0.2, -0.15) is 0 Å². The summed E-state index contributed by atoms with van der Waals surface area (Å²) in [6, 6.07) is 12.6. The zero-order valence-electron chi connectivity index (χ0n) is 16.6. The molecule has 2 atom stereocenters. The maximum Gasteiger partial charge on any atom is 0.261 e. The molecular formula is C22H26ClNO4. The van der Waals surface area contributed by atoms with Gasteiger partial charge in [-0.15, -0.1) is 0 Å². The van der Waals surface area contributed by atoms with E-state index in [0.717, 1.165) is 17.1 Å². The van der Waals surface area contributed by atoms with Crippen LogP contribution >= 0.6 is 11.6 Å². The molecule has 1 aliphatic heterocycles. The summed E-state index contributed by atoms with van der Waals surface area (Å²) in [4.78, 5) is 13.0. The number of rotatable bonds is 6. The Morgan fingerprint density at radius 1 is 1.32 bits per heavy atom. The first-order chi connectivity index (χ1) is 13.3. The van der Waals surface area contributed by atoms with Gasteiger partial charge in [0.15, 0.2) is 6.10 Å². The van der Waals surface area contributed by atoms with E-state index in [-0.39, 0.29) is 11.9 Å². The topological polar surface area (TPSA) is 56.8 Å². The Morgan fingerprint density at radius 2 is 2.07 bits per heavy atom. The van der Waals surface area contributed by atoms with Crippen molar-refractivity contribution in [1.82, 2.24) is 5.32 Å². The molecule has 0 bridgehead atoms. The van der Waals surface area contributed by atoms with Gasteiger partial charge in [0.05, 0.1) is 18.2 Å². The molecule has 1 heterocycles. The minimum absolute atomic E-state index is 0.174. The van der Waals surface area contributed by atoms with Crippen LogP contribution in [0.25, 0.3) is 0 Å². The highest BCUT2D eigenvalue weighted by molar-refractivity contribution is 6.32. The fourth-order valence-corrected chi connectivity index (χ4v) is 3.55. The molecule has 28 heavy (non-hydrogen) atoms. The summed E-state index contributed by atoms with van der Waals surface area (Å²) >= 11 is 6.17. The maximum absolute atomic E-state index is 13.0. The van der Waals surface area contributed by atoms with Crippen LogP contribution in [-0.4, -0.2) is 24.7 Å². The van der Waals surface area contributed by atoms with E-state index in [0.29, 0.717) is 23.6 Å². The minimum Gasteiger partial charge on any atom is -0.497 e. The smallest absolute Gasteiger partial charge is 0.261 e. The van der Waals surface area contributed by atoms with Crippen molar-refractivity contribution in [2.45, 2.75) is 51.4 Å². The van der Waals surface area contributed by atoms with Crippen LogP contribution in [-0.2, 0) is 4.79 Å². The third kappa shape index (κ3) is 4.53. The fourth-order valence-electron chi connectivity index (χ4n) is 3.37. The Kier molecular flexibility index (Phi) is 6.04. The van der Waals surface area contributed by atoms with E-state index < -0.39 is 11.7 Å². The molecule has 0 aromatic heterocycles. The first kappa shape index (κ1) is 20.3. The number of amides is 1. The lowest BCUT2D eigenvalue weighted by Crippen LogP contribution is -2.45. The molecule has 0 aliphatic carbocycles. The van der Waals surface area contributed by atoms with Gasteiger partial charge in [0.1, 0.15) is 22.8 Å². The molecule has 1 aliphatic rings. The highest BCUT2D eigenvalue weighted by atomic mass is 35.5. The number of nitrogens with one attached hydrogen (secondary N) is 1. The fraction of sp³-hybridized carbons (Fsp3) is 0.409. The Morgan fingerprint density at radius 3 is 2.75 bits per heavy atom. The van der Waals surface area contributed by atoms with Crippen LogP contribution in [0.4, 0.5) is 0 Å². The number of fused-ring (bicyclic) bond motifs is 1. The van der Waals surface area contributed by atoms with Gasteiger partial charge in [0.25, 0.3) is 5.91 Å². The third-order valence-corrected chi connectivity index (χ3v) is 5.08. The van der Waals surface area contributed by atoms with E-state index in [1.165, 1.54) is 0 Å². The summed E-state index contributed by atoms with van der Waals surface area (Å²) in [5.41, 5.74) is 0.517. The van der Waals surface area contributed by atoms with Crippen LogP contribution in [0.15, 0.2) is 42.5 Å². The molecule has 0 radical (unpaired) electrons. The Hall–Kier alpha value is -2.40. The molecule has 5 nitrogen and oxygen atoms in total. The molecule has 150 valence electrons. The molecule has 1 amide bonds. The van der Waals surface area contributed by atoms with Crippen molar-refractivity contribution < 1.29 is 19.0 Å². The summed E-state index contributed by atoms with van der Waals surface area (Å²) in [6.07, 6.45) is 0.548. The predicted octanol–water partition coefficient (Wildman–Crippen LogP) is 4.92. The number of halogens is 1. The van der Waals surface area contributed by atoms with E-state index in [1.807, 2.05) is 51.1 Å². The zero-order chi connectivity index (χ0) is 20.3. The Balaban J connectivity index is 1.79. The lowest BCUT2D eigenvalue weighted by Gasteiger charge is -2.38. The summed E-state index contributed by atoms with van der Waals surface area (Å²) in [5, 5.41) is 3.62. The van der Waals surface area contributed by atoms with Crippen LogP contribution in [0, 0.1) is 0 Å². The van der Waals surface area contributed by atoms with Crippen molar-refractivity contribution in [2.75, 3.05) is 7.11 Å².